The van der Waals surface area contributed by atoms with E-state index in [0.29, 0.717) is 5.41 Å². The van der Waals surface area contributed by atoms with Crippen LogP contribution in [-0.2, 0) is 0 Å². The summed E-state index contributed by atoms with van der Waals surface area (Å²) in [6.45, 7) is 6.23. The van der Waals surface area contributed by atoms with Gasteiger partial charge in [0, 0.05) is 0 Å². The first kappa shape index (κ1) is 9.02. The van der Waals surface area contributed by atoms with Crippen molar-refractivity contribution in [1.82, 2.24) is 0 Å². The molecule has 0 amide bonds. The lowest BCUT2D eigenvalue weighted by Crippen LogP contribution is -2.31. The molecule has 1 aliphatic carbocycles. The van der Waals surface area contributed by atoms with Crippen LogP contribution < -0.4 is 0 Å². The van der Waals surface area contributed by atoms with Crippen LogP contribution in [0.25, 0.3) is 0 Å². The average Bonchev–Trinajstić information content (AvgIpc) is 1.97. The van der Waals surface area contributed by atoms with Crippen molar-refractivity contribution in [1.29, 1.82) is 0 Å². The van der Waals surface area contributed by atoms with E-state index < -0.39 is 5.67 Å². The van der Waals surface area contributed by atoms with E-state index in [0.717, 1.165) is 25.7 Å². The standard InChI is InChI=1S/C10H19F/c1-4-9(2)5-7-10(3,11)8-6-9/h4-8H2,1-3H3. The minimum atomic E-state index is -0.866. The average molecular weight is 158 g/mol. The topological polar surface area (TPSA) is 0 Å². The zero-order valence-corrected chi connectivity index (χ0v) is 7.91. The van der Waals surface area contributed by atoms with Crippen molar-refractivity contribution in [3.05, 3.63) is 0 Å². The summed E-state index contributed by atoms with van der Waals surface area (Å²) in [5, 5.41) is 0. The van der Waals surface area contributed by atoms with Crippen LogP contribution in [0.15, 0.2) is 0 Å². The predicted molar refractivity (Wildman–Crippen MR) is 46.4 cm³/mol. The molecule has 1 saturated carbocycles. The Balaban J connectivity index is 2.48. The molecule has 0 atom stereocenters. The smallest absolute Gasteiger partial charge is 0.108 e. The maximum atomic E-state index is 13.4. The van der Waals surface area contributed by atoms with Crippen LogP contribution in [0.5, 0.6) is 0 Å². The number of alkyl halides is 1. The third-order valence-corrected chi connectivity index (χ3v) is 3.35. The highest BCUT2D eigenvalue weighted by Gasteiger charge is 2.36. The van der Waals surface area contributed by atoms with Gasteiger partial charge in [0.2, 0.25) is 0 Å². The van der Waals surface area contributed by atoms with E-state index >= 15 is 0 Å². The second-order valence-corrected chi connectivity index (χ2v) is 4.58. The SMILES string of the molecule is CCC1(C)CCC(C)(F)CC1. The summed E-state index contributed by atoms with van der Waals surface area (Å²) >= 11 is 0. The van der Waals surface area contributed by atoms with Crippen LogP contribution in [-0.4, -0.2) is 5.67 Å². The summed E-state index contributed by atoms with van der Waals surface area (Å²) < 4.78 is 13.4. The molecule has 1 fully saturated rings. The minimum absolute atomic E-state index is 0.436. The van der Waals surface area contributed by atoms with Crippen molar-refractivity contribution in [2.75, 3.05) is 0 Å². The summed E-state index contributed by atoms with van der Waals surface area (Å²) in [7, 11) is 0. The zero-order valence-electron chi connectivity index (χ0n) is 7.91. The van der Waals surface area contributed by atoms with Crippen molar-refractivity contribution < 1.29 is 4.39 Å². The molecule has 0 unspecified atom stereocenters. The summed E-state index contributed by atoms with van der Waals surface area (Å²) in [5.41, 5.74) is -0.430. The fourth-order valence-corrected chi connectivity index (χ4v) is 1.73. The van der Waals surface area contributed by atoms with Gasteiger partial charge in [0.25, 0.3) is 0 Å². The summed E-state index contributed by atoms with van der Waals surface area (Å²) in [4.78, 5) is 0. The van der Waals surface area contributed by atoms with Gasteiger partial charge in [-0.15, -0.1) is 0 Å². The highest BCUT2D eigenvalue weighted by Crippen LogP contribution is 2.43. The molecule has 0 spiro atoms. The fraction of sp³-hybridized carbons (Fsp3) is 1.00. The van der Waals surface area contributed by atoms with Gasteiger partial charge in [0.15, 0.2) is 0 Å². The minimum Gasteiger partial charge on any atom is -0.244 e. The van der Waals surface area contributed by atoms with Crippen LogP contribution in [0.3, 0.4) is 0 Å². The van der Waals surface area contributed by atoms with E-state index in [2.05, 4.69) is 13.8 Å². The van der Waals surface area contributed by atoms with Crippen LogP contribution in [0, 0.1) is 5.41 Å². The number of rotatable bonds is 1. The molecule has 0 bridgehead atoms. The van der Waals surface area contributed by atoms with Gasteiger partial charge in [-0.3, -0.25) is 0 Å². The molecule has 0 aromatic rings. The lowest BCUT2D eigenvalue weighted by Gasteiger charge is -2.38. The summed E-state index contributed by atoms with van der Waals surface area (Å²) in [5.74, 6) is 0. The molecular formula is C10H19F. The normalized spacial score (nSPS) is 45.8. The van der Waals surface area contributed by atoms with Gasteiger partial charge in [-0.1, -0.05) is 20.3 Å². The van der Waals surface area contributed by atoms with E-state index in [4.69, 9.17) is 0 Å². The lowest BCUT2D eigenvalue weighted by atomic mass is 9.70. The van der Waals surface area contributed by atoms with Crippen molar-refractivity contribution in [3.63, 3.8) is 0 Å². The Kier molecular flexibility index (Phi) is 2.27. The Labute approximate surface area is 69.2 Å². The third-order valence-electron chi connectivity index (χ3n) is 3.35. The second kappa shape index (κ2) is 2.76. The second-order valence-electron chi connectivity index (χ2n) is 4.58. The highest BCUT2D eigenvalue weighted by atomic mass is 19.1. The van der Waals surface area contributed by atoms with Crippen LogP contribution in [0.2, 0.25) is 0 Å². The molecular weight excluding hydrogens is 139 g/mol. The van der Waals surface area contributed by atoms with Gasteiger partial charge in [-0.05, 0) is 38.0 Å². The van der Waals surface area contributed by atoms with Crippen LogP contribution in [0.4, 0.5) is 4.39 Å². The van der Waals surface area contributed by atoms with Crippen LogP contribution >= 0.6 is 0 Å². The van der Waals surface area contributed by atoms with E-state index in [1.54, 1.807) is 6.92 Å². The molecule has 1 aliphatic rings. The molecule has 0 saturated heterocycles. The number of halogens is 1. The largest absolute Gasteiger partial charge is 0.244 e. The Morgan fingerprint density at radius 2 is 1.55 bits per heavy atom. The molecule has 0 N–H and O–H groups in total. The molecule has 0 aromatic heterocycles. The summed E-state index contributed by atoms with van der Waals surface area (Å²) in [6, 6.07) is 0. The van der Waals surface area contributed by atoms with E-state index in [-0.39, 0.29) is 0 Å². The molecule has 0 aromatic carbocycles. The Morgan fingerprint density at radius 3 is 1.91 bits per heavy atom. The van der Waals surface area contributed by atoms with Crippen molar-refractivity contribution in [3.8, 4) is 0 Å². The van der Waals surface area contributed by atoms with Crippen molar-refractivity contribution in [2.24, 2.45) is 5.41 Å². The highest BCUT2D eigenvalue weighted by molar-refractivity contribution is 4.87. The van der Waals surface area contributed by atoms with Crippen LogP contribution in [0.1, 0.15) is 52.9 Å². The maximum absolute atomic E-state index is 13.4. The number of hydrogen-bond donors (Lipinski definition) is 0. The Bertz CT molecular complexity index is 128. The predicted octanol–water partition coefficient (Wildman–Crippen LogP) is 3.70. The van der Waals surface area contributed by atoms with Gasteiger partial charge in [-0.25, -0.2) is 4.39 Å². The first-order valence-electron chi connectivity index (χ1n) is 4.66. The molecule has 0 radical (unpaired) electrons. The van der Waals surface area contributed by atoms with E-state index in [1.807, 2.05) is 0 Å². The van der Waals surface area contributed by atoms with E-state index in [9.17, 15) is 4.39 Å². The zero-order chi connectivity index (χ0) is 8.54. The van der Waals surface area contributed by atoms with Gasteiger partial charge >= 0.3 is 0 Å². The molecule has 0 nitrogen and oxygen atoms in total. The molecule has 66 valence electrons. The fourth-order valence-electron chi connectivity index (χ4n) is 1.73. The Hall–Kier alpha value is -0.0700. The van der Waals surface area contributed by atoms with Crippen molar-refractivity contribution >= 4 is 0 Å². The van der Waals surface area contributed by atoms with E-state index in [1.165, 1.54) is 6.42 Å². The monoisotopic (exact) mass is 158 g/mol. The molecule has 0 heterocycles. The summed E-state index contributed by atoms with van der Waals surface area (Å²) in [6.07, 6.45) is 4.85. The number of hydrogen-bond acceptors (Lipinski definition) is 0. The molecule has 1 rings (SSSR count). The molecule has 1 heteroatoms. The van der Waals surface area contributed by atoms with Gasteiger partial charge in [0.1, 0.15) is 5.67 Å². The lowest BCUT2D eigenvalue weighted by molar-refractivity contribution is 0.0597. The third kappa shape index (κ3) is 2.18. The Morgan fingerprint density at radius 1 is 1.09 bits per heavy atom. The maximum Gasteiger partial charge on any atom is 0.108 e. The first-order valence-corrected chi connectivity index (χ1v) is 4.66. The first-order chi connectivity index (χ1) is 4.97. The van der Waals surface area contributed by atoms with Gasteiger partial charge in [0.05, 0.1) is 0 Å². The van der Waals surface area contributed by atoms with Crippen molar-refractivity contribution in [2.45, 2.75) is 58.5 Å². The molecule has 11 heavy (non-hydrogen) atoms. The van der Waals surface area contributed by atoms with Gasteiger partial charge < -0.3 is 0 Å². The molecule has 0 aliphatic heterocycles. The van der Waals surface area contributed by atoms with Gasteiger partial charge in [-0.2, -0.15) is 0 Å². The quantitative estimate of drug-likeness (QED) is 0.545.